The molecule has 1 aliphatic carbocycles. The maximum atomic E-state index is 10.7. The zero-order valence-corrected chi connectivity index (χ0v) is 9.32. The van der Waals surface area contributed by atoms with Crippen molar-refractivity contribution in [3.63, 3.8) is 0 Å². The molecule has 1 heterocycles. The Labute approximate surface area is 91.4 Å². The average molecular weight is 205 g/mol. The minimum atomic E-state index is -0.697. The molecule has 2 heteroatoms. The van der Waals surface area contributed by atoms with E-state index in [0.29, 0.717) is 5.92 Å². The Kier molecular flexibility index (Phi) is 3.06. The van der Waals surface area contributed by atoms with E-state index in [4.69, 9.17) is 0 Å². The molecule has 1 aromatic rings. The van der Waals surface area contributed by atoms with Crippen molar-refractivity contribution in [2.75, 3.05) is 0 Å². The summed E-state index contributed by atoms with van der Waals surface area (Å²) < 4.78 is 0. The number of aliphatic hydroxyl groups is 1. The molecule has 0 amide bonds. The molecule has 0 bridgehead atoms. The van der Waals surface area contributed by atoms with E-state index in [0.717, 1.165) is 25.0 Å². The second-order valence-electron chi connectivity index (χ2n) is 4.47. The van der Waals surface area contributed by atoms with Crippen LogP contribution in [0, 0.1) is 5.92 Å². The molecule has 1 N–H and O–H groups in total. The first-order chi connectivity index (χ1) is 7.27. The van der Waals surface area contributed by atoms with Gasteiger partial charge in [0.15, 0.2) is 0 Å². The number of hydrogen-bond donors (Lipinski definition) is 1. The number of nitrogens with zero attached hydrogens (tertiary/aromatic N) is 1. The number of rotatable bonds is 3. The lowest BCUT2D eigenvalue weighted by molar-refractivity contribution is -0.0295. The number of pyridine rings is 1. The van der Waals surface area contributed by atoms with Crippen LogP contribution in [0.15, 0.2) is 24.4 Å². The van der Waals surface area contributed by atoms with Crippen LogP contribution >= 0.6 is 0 Å². The summed E-state index contributed by atoms with van der Waals surface area (Å²) in [5, 5.41) is 10.7. The fourth-order valence-electron chi connectivity index (χ4n) is 2.70. The van der Waals surface area contributed by atoms with Gasteiger partial charge >= 0.3 is 0 Å². The third-order valence-electron chi connectivity index (χ3n) is 3.68. The predicted octanol–water partition coefficient (Wildman–Crippen LogP) is 2.87. The highest BCUT2D eigenvalue weighted by Crippen LogP contribution is 2.41. The molecule has 1 fully saturated rings. The lowest BCUT2D eigenvalue weighted by atomic mass is 9.81. The van der Waals surface area contributed by atoms with Crippen LogP contribution in [0.5, 0.6) is 0 Å². The molecule has 0 aromatic carbocycles. The van der Waals surface area contributed by atoms with Gasteiger partial charge in [0.1, 0.15) is 5.60 Å². The van der Waals surface area contributed by atoms with Gasteiger partial charge in [-0.15, -0.1) is 0 Å². The van der Waals surface area contributed by atoms with Crippen LogP contribution in [0.3, 0.4) is 0 Å². The van der Waals surface area contributed by atoms with Crippen molar-refractivity contribution in [2.45, 2.75) is 44.6 Å². The molecule has 0 aliphatic heterocycles. The van der Waals surface area contributed by atoms with Crippen molar-refractivity contribution in [3.8, 4) is 0 Å². The largest absolute Gasteiger partial charge is 0.383 e. The van der Waals surface area contributed by atoms with Crippen LogP contribution in [-0.4, -0.2) is 10.1 Å². The third kappa shape index (κ3) is 1.91. The van der Waals surface area contributed by atoms with Crippen LogP contribution in [0.25, 0.3) is 0 Å². The lowest BCUT2D eigenvalue weighted by Crippen LogP contribution is -2.33. The van der Waals surface area contributed by atoms with Crippen LogP contribution in [-0.2, 0) is 5.60 Å². The van der Waals surface area contributed by atoms with Gasteiger partial charge in [0, 0.05) is 6.20 Å². The summed E-state index contributed by atoms with van der Waals surface area (Å²) in [7, 11) is 0. The van der Waals surface area contributed by atoms with E-state index >= 15 is 0 Å². The quantitative estimate of drug-likeness (QED) is 0.823. The van der Waals surface area contributed by atoms with Gasteiger partial charge in [-0.3, -0.25) is 4.98 Å². The fraction of sp³-hybridized carbons (Fsp3) is 0.615. The van der Waals surface area contributed by atoms with Gasteiger partial charge in [0.05, 0.1) is 5.69 Å². The molecular weight excluding hydrogens is 186 g/mol. The molecule has 1 unspecified atom stereocenters. The Balaban J connectivity index is 2.28. The smallest absolute Gasteiger partial charge is 0.109 e. The first kappa shape index (κ1) is 10.6. The molecule has 1 atom stereocenters. The van der Waals surface area contributed by atoms with Gasteiger partial charge in [0.25, 0.3) is 0 Å². The number of hydrogen-bond acceptors (Lipinski definition) is 2. The van der Waals surface area contributed by atoms with Crippen molar-refractivity contribution in [1.29, 1.82) is 0 Å². The summed E-state index contributed by atoms with van der Waals surface area (Å²) in [5.74, 6) is 0.400. The van der Waals surface area contributed by atoms with E-state index in [-0.39, 0.29) is 0 Å². The van der Waals surface area contributed by atoms with Gasteiger partial charge < -0.3 is 5.11 Å². The van der Waals surface area contributed by atoms with Gasteiger partial charge in [0.2, 0.25) is 0 Å². The molecule has 82 valence electrons. The van der Waals surface area contributed by atoms with E-state index in [1.165, 1.54) is 12.8 Å². The van der Waals surface area contributed by atoms with Crippen LogP contribution in [0.4, 0.5) is 0 Å². The maximum Gasteiger partial charge on any atom is 0.109 e. The molecule has 0 spiro atoms. The zero-order chi connectivity index (χ0) is 10.7. The lowest BCUT2D eigenvalue weighted by Gasteiger charge is -2.32. The molecule has 0 radical (unpaired) electrons. The Morgan fingerprint density at radius 1 is 1.40 bits per heavy atom. The van der Waals surface area contributed by atoms with Crippen molar-refractivity contribution in [3.05, 3.63) is 30.1 Å². The Morgan fingerprint density at radius 2 is 2.13 bits per heavy atom. The van der Waals surface area contributed by atoms with E-state index in [9.17, 15) is 5.11 Å². The van der Waals surface area contributed by atoms with Crippen LogP contribution < -0.4 is 0 Å². The second kappa shape index (κ2) is 4.31. The minimum Gasteiger partial charge on any atom is -0.383 e. The van der Waals surface area contributed by atoms with Gasteiger partial charge in [-0.05, 0) is 37.3 Å². The van der Waals surface area contributed by atoms with E-state index in [1.807, 2.05) is 25.1 Å². The Bertz CT molecular complexity index is 306. The van der Waals surface area contributed by atoms with Crippen molar-refractivity contribution in [1.82, 2.24) is 4.98 Å². The fourth-order valence-corrected chi connectivity index (χ4v) is 2.70. The Hall–Kier alpha value is -0.890. The minimum absolute atomic E-state index is 0.400. The molecule has 2 nitrogen and oxygen atoms in total. The first-order valence-electron chi connectivity index (χ1n) is 5.91. The highest BCUT2D eigenvalue weighted by molar-refractivity contribution is 5.14. The summed E-state index contributed by atoms with van der Waals surface area (Å²) >= 11 is 0. The third-order valence-corrected chi connectivity index (χ3v) is 3.68. The van der Waals surface area contributed by atoms with E-state index < -0.39 is 5.60 Å². The summed E-state index contributed by atoms with van der Waals surface area (Å²) in [5.41, 5.74) is 0.150. The summed E-state index contributed by atoms with van der Waals surface area (Å²) in [6.45, 7) is 2.05. The average Bonchev–Trinajstić information content (AvgIpc) is 2.83. The van der Waals surface area contributed by atoms with Crippen molar-refractivity contribution < 1.29 is 5.11 Å². The second-order valence-corrected chi connectivity index (χ2v) is 4.47. The monoisotopic (exact) mass is 205 g/mol. The Morgan fingerprint density at radius 3 is 2.67 bits per heavy atom. The standard InChI is InChI=1S/C13H19NO/c1-2-13(15,11-7-3-4-8-11)12-9-5-6-10-14-12/h5-6,9-11,15H,2-4,7-8H2,1H3. The maximum absolute atomic E-state index is 10.7. The predicted molar refractivity (Wildman–Crippen MR) is 60.4 cm³/mol. The SMILES string of the molecule is CCC(O)(c1ccccn1)C1CCCC1. The van der Waals surface area contributed by atoms with E-state index in [1.54, 1.807) is 6.20 Å². The molecule has 1 saturated carbocycles. The highest BCUT2D eigenvalue weighted by Gasteiger charge is 2.39. The summed E-state index contributed by atoms with van der Waals surface area (Å²) in [6.07, 6.45) is 7.31. The summed E-state index contributed by atoms with van der Waals surface area (Å²) in [6, 6.07) is 5.80. The molecule has 0 saturated heterocycles. The topological polar surface area (TPSA) is 33.1 Å². The molecule has 15 heavy (non-hydrogen) atoms. The van der Waals surface area contributed by atoms with Gasteiger partial charge in [-0.2, -0.15) is 0 Å². The molecule has 1 aliphatic rings. The van der Waals surface area contributed by atoms with Crippen LogP contribution in [0.2, 0.25) is 0 Å². The van der Waals surface area contributed by atoms with Crippen molar-refractivity contribution >= 4 is 0 Å². The number of aromatic nitrogens is 1. The molecule has 2 rings (SSSR count). The van der Waals surface area contributed by atoms with Crippen molar-refractivity contribution in [2.24, 2.45) is 5.92 Å². The molecule has 1 aromatic heterocycles. The highest BCUT2D eigenvalue weighted by atomic mass is 16.3. The normalized spacial score (nSPS) is 21.5. The van der Waals surface area contributed by atoms with Crippen LogP contribution in [0.1, 0.15) is 44.7 Å². The van der Waals surface area contributed by atoms with E-state index in [2.05, 4.69) is 4.98 Å². The summed E-state index contributed by atoms with van der Waals surface area (Å²) in [4.78, 5) is 4.32. The van der Waals surface area contributed by atoms with Gasteiger partial charge in [-0.1, -0.05) is 25.8 Å². The zero-order valence-electron chi connectivity index (χ0n) is 9.32. The first-order valence-corrected chi connectivity index (χ1v) is 5.91. The van der Waals surface area contributed by atoms with Gasteiger partial charge in [-0.25, -0.2) is 0 Å². The molecular formula is C13H19NO.